The van der Waals surface area contributed by atoms with Crippen molar-refractivity contribution in [2.45, 2.75) is 9.79 Å². The van der Waals surface area contributed by atoms with Crippen LogP contribution in [0, 0.1) is 0 Å². The molecule has 3 rings (SSSR count). The van der Waals surface area contributed by atoms with Gasteiger partial charge < -0.3 is 4.74 Å². The Labute approximate surface area is 105 Å². The molecule has 0 saturated heterocycles. The molecule has 0 N–H and O–H groups in total. The fraction of sp³-hybridized carbons (Fsp3) is 0.0667. The predicted molar refractivity (Wildman–Crippen MR) is 71.5 cm³/mol. The topological polar surface area (TPSA) is 9.23 Å². The van der Waals surface area contributed by atoms with Gasteiger partial charge in [-0.25, -0.2) is 0 Å². The summed E-state index contributed by atoms with van der Waals surface area (Å²) in [6, 6.07) is 16.7. The molecule has 0 spiro atoms. The third-order valence-electron chi connectivity index (χ3n) is 2.59. The van der Waals surface area contributed by atoms with Gasteiger partial charge in [-0.2, -0.15) is 0 Å². The van der Waals surface area contributed by atoms with E-state index in [9.17, 15) is 0 Å². The average molecular weight is 240 g/mol. The van der Waals surface area contributed by atoms with E-state index in [4.69, 9.17) is 4.74 Å². The Morgan fingerprint density at radius 2 is 1.82 bits per heavy atom. The van der Waals surface area contributed by atoms with Gasteiger partial charge in [0, 0.05) is 15.4 Å². The highest BCUT2D eigenvalue weighted by molar-refractivity contribution is 7.99. The SMILES string of the molecule is C1=Cc2cc(Sc3ccccc3)ccc2OC1. The molecule has 0 amide bonds. The molecule has 0 aliphatic carbocycles. The first kappa shape index (κ1) is 10.5. The van der Waals surface area contributed by atoms with Crippen LogP contribution in [0.1, 0.15) is 5.56 Å². The first-order valence-electron chi connectivity index (χ1n) is 5.58. The molecule has 0 bridgehead atoms. The minimum atomic E-state index is 0.679. The van der Waals surface area contributed by atoms with Crippen LogP contribution in [0.15, 0.2) is 64.4 Å². The fourth-order valence-corrected chi connectivity index (χ4v) is 2.68. The summed E-state index contributed by atoms with van der Waals surface area (Å²) in [4.78, 5) is 2.50. The molecule has 0 saturated carbocycles. The van der Waals surface area contributed by atoms with Crippen LogP contribution in [0.3, 0.4) is 0 Å². The van der Waals surface area contributed by atoms with E-state index in [0.29, 0.717) is 6.61 Å². The van der Waals surface area contributed by atoms with Crippen LogP contribution < -0.4 is 4.74 Å². The summed E-state index contributed by atoms with van der Waals surface area (Å²) in [6.45, 7) is 0.679. The summed E-state index contributed by atoms with van der Waals surface area (Å²) in [5.41, 5.74) is 1.16. The van der Waals surface area contributed by atoms with Gasteiger partial charge in [0.1, 0.15) is 12.4 Å². The van der Waals surface area contributed by atoms with Gasteiger partial charge in [0.05, 0.1) is 0 Å². The number of fused-ring (bicyclic) bond motifs is 1. The second-order valence-corrected chi connectivity index (χ2v) is 4.98. The fourth-order valence-electron chi connectivity index (χ4n) is 1.79. The Morgan fingerprint density at radius 3 is 2.71 bits per heavy atom. The lowest BCUT2D eigenvalue weighted by Crippen LogP contribution is -1.99. The molecule has 2 aromatic rings. The number of ether oxygens (including phenoxy) is 1. The summed E-state index contributed by atoms with van der Waals surface area (Å²) in [6.07, 6.45) is 4.16. The van der Waals surface area contributed by atoms with Crippen LogP contribution in [-0.2, 0) is 0 Å². The van der Waals surface area contributed by atoms with E-state index in [1.165, 1.54) is 9.79 Å². The molecule has 0 radical (unpaired) electrons. The molecule has 1 aliphatic rings. The molecule has 0 unspecified atom stereocenters. The van der Waals surface area contributed by atoms with Crippen molar-refractivity contribution in [3.8, 4) is 5.75 Å². The van der Waals surface area contributed by atoms with Crippen LogP contribution in [0.25, 0.3) is 6.08 Å². The molecule has 2 heteroatoms. The Hall–Kier alpha value is -1.67. The van der Waals surface area contributed by atoms with Gasteiger partial charge in [0.25, 0.3) is 0 Å². The van der Waals surface area contributed by atoms with E-state index < -0.39 is 0 Å². The summed E-state index contributed by atoms with van der Waals surface area (Å²) in [7, 11) is 0. The summed E-state index contributed by atoms with van der Waals surface area (Å²) in [5, 5.41) is 0. The van der Waals surface area contributed by atoms with E-state index >= 15 is 0 Å². The lowest BCUT2D eigenvalue weighted by molar-refractivity contribution is 0.358. The molecule has 1 aliphatic heterocycles. The molecule has 2 aromatic carbocycles. The molecule has 1 nitrogen and oxygen atoms in total. The maximum atomic E-state index is 5.53. The van der Waals surface area contributed by atoms with Crippen LogP contribution in [-0.4, -0.2) is 6.61 Å². The molecule has 1 heterocycles. The van der Waals surface area contributed by atoms with E-state index in [1.807, 2.05) is 18.2 Å². The molecular formula is C15H12OS. The third kappa shape index (κ3) is 2.37. The van der Waals surface area contributed by atoms with Crippen molar-refractivity contribution >= 4 is 17.8 Å². The predicted octanol–water partition coefficient (Wildman–Crippen LogP) is 4.24. The molecule has 84 valence electrons. The summed E-state index contributed by atoms with van der Waals surface area (Å²) < 4.78 is 5.53. The molecule has 0 atom stereocenters. The highest BCUT2D eigenvalue weighted by atomic mass is 32.2. The van der Waals surface area contributed by atoms with Gasteiger partial charge >= 0.3 is 0 Å². The maximum Gasteiger partial charge on any atom is 0.127 e. The number of hydrogen-bond acceptors (Lipinski definition) is 2. The molecule has 0 aromatic heterocycles. The molecule has 0 fully saturated rings. The number of benzene rings is 2. The highest BCUT2D eigenvalue weighted by Crippen LogP contribution is 2.32. The van der Waals surface area contributed by atoms with Crippen molar-refractivity contribution in [1.29, 1.82) is 0 Å². The Kier molecular flexibility index (Phi) is 2.88. The zero-order valence-electron chi connectivity index (χ0n) is 9.30. The van der Waals surface area contributed by atoms with Crippen molar-refractivity contribution in [1.82, 2.24) is 0 Å². The highest BCUT2D eigenvalue weighted by Gasteiger charge is 2.06. The van der Waals surface area contributed by atoms with Crippen molar-refractivity contribution in [3.63, 3.8) is 0 Å². The zero-order valence-corrected chi connectivity index (χ0v) is 10.1. The smallest absolute Gasteiger partial charge is 0.127 e. The van der Waals surface area contributed by atoms with E-state index in [0.717, 1.165) is 11.3 Å². The summed E-state index contributed by atoms with van der Waals surface area (Å²) >= 11 is 1.77. The maximum absolute atomic E-state index is 5.53. The lowest BCUT2D eigenvalue weighted by Gasteiger charge is -2.13. The zero-order chi connectivity index (χ0) is 11.5. The second kappa shape index (κ2) is 4.68. The third-order valence-corrected chi connectivity index (χ3v) is 3.59. The average Bonchev–Trinajstić information content (AvgIpc) is 2.40. The minimum absolute atomic E-state index is 0.679. The lowest BCUT2D eigenvalue weighted by atomic mass is 10.1. The van der Waals surface area contributed by atoms with Crippen LogP contribution in [0.5, 0.6) is 5.75 Å². The van der Waals surface area contributed by atoms with Gasteiger partial charge in [0.15, 0.2) is 0 Å². The standard InChI is InChI=1S/C15H12OS/c1-2-6-13(7-3-1)17-14-8-9-15-12(11-14)5-4-10-16-15/h1-9,11H,10H2. The first-order valence-corrected chi connectivity index (χ1v) is 6.40. The van der Waals surface area contributed by atoms with E-state index in [1.54, 1.807) is 11.8 Å². The van der Waals surface area contributed by atoms with Crippen molar-refractivity contribution in [2.24, 2.45) is 0 Å². The van der Waals surface area contributed by atoms with Gasteiger partial charge in [-0.1, -0.05) is 36.0 Å². The quantitative estimate of drug-likeness (QED) is 0.776. The van der Waals surface area contributed by atoms with E-state index in [2.05, 4.69) is 42.5 Å². The molecular weight excluding hydrogens is 228 g/mol. The monoisotopic (exact) mass is 240 g/mol. The minimum Gasteiger partial charge on any atom is -0.489 e. The van der Waals surface area contributed by atoms with Crippen molar-refractivity contribution < 1.29 is 4.74 Å². The van der Waals surface area contributed by atoms with Gasteiger partial charge in [-0.3, -0.25) is 0 Å². The molecule has 17 heavy (non-hydrogen) atoms. The normalized spacial score (nSPS) is 12.9. The first-order chi connectivity index (χ1) is 8.42. The van der Waals surface area contributed by atoms with Crippen LogP contribution >= 0.6 is 11.8 Å². The van der Waals surface area contributed by atoms with Crippen LogP contribution in [0.4, 0.5) is 0 Å². The van der Waals surface area contributed by atoms with Gasteiger partial charge in [-0.15, -0.1) is 0 Å². The Bertz CT molecular complexity index is 546. The largest absolute Gasteiger partial charge is 0.489 e. The Morgan fingerprint density at radius 1 is 0.941 bits per heavy atom. The van der Waals surface area contributed by atoms with E-state index in [-0.39, 0.29) is 0 Å². The van der Waals surface area contributed by atoms with Crippen LogP contribution in [0.2, 0.25) is 0 Å². The summed E-state index contributed by atoms with van der Waals surface area (Å²) in [5.74, 6) is 0.977. The number of rotatable bonds is 2. The van der Waals surface area contributed by atoms with Crippen molar-refractivity contribution in [3.05, 3.63) is 60.2 Å². The van der Waals surface area contributed by atoms with Gasteiger partial charge in [0.2, 0.25) is 0 Å². The Balaban J connectivity index is 1.88. The van der Waals surface area contributed by atoms with Crippen molar-refractivity contribution in [2.75, 3.05) is 6.61 Å². The van der Waals surface area contributed by atoms with Gasteiger partial charge in [-0.05, 0) is 36.4 Å². The second-order valence-electron chi connectivity index (χ2n) is 3.83. The number of hydrogen-bond donors (Lipinski definition) is 0.